The van der Waals surface area contributed by atoms with Gasteiger partial charge in [-0.05, 0) is 42.3 Å². The van der Waals surface area contributed by atoms with Crippen LogP contribution in [0.5, 0.6) is 5.75 Å². The van der Waals surface area contributed by atoms with Crippen LogP contribution in [-0.2, 0) is 11.1 Å². The van der Waals surface area contributed by atoms with Gasteiger partial charge in [-0.1, -0.05) is 12.1 Å². The van der Waals surface area contributed by atoms with Gasteiger partial charge in [0.1, 0.15) is 5.75 Å². The average Bonchev–Trinajstić information content (AvgIpc) is 2.80. The van der Waals surface area contributed by atoms with Crippen molar-refractivity contribution in [3.8, 4) is 5.75 Å². The third-order valence-corrected chi connectivity index (χ3v) is 6.72. The third-order valence-electron chi connectivity index (χ3n) is 5.87. The Hall–Kier alpha value is -2.88. The molecule has 1 aliphatic heterocycles. The summed E-state index contributed by atoms with van der Waals surface area (Å²) in [4.78, 5) is 42.5. The quantitative estimate of drug-likeness (QED) is 0.564. The molecule has 0 spiro atoms. The highest BCUT2D eigenvalue weighted by Crippen LogP contribution is 2.33. The number of hydrogen-bond acceptors (Lipinski definition) is 7. The van der Waals surface area contributed by atoms with E-state index in [2.05, 4.69) is 0 Å². The molecule has 31 heavy (non-hydrogen) atoms. The normalized spacial score (nSPS) is 18.2. The Morgan fingerprint density at radius 3 is 2.39 bits per heavy atom. The van der Waals surface area contributed by atoms with Crippen molar-refractivity contribution >= 4 is 28.6 Å². The van der Waals surface area contributed by atoms with Gasteiger partial charge in [-0.3, -0.25) is 23.5 Å². The smallest absolute Gasteiger partial charge is 0.253 e. The highest BCUT2D eigenvalue weighted by atomic mass is 32.2. The van der Waals surface area contributed by atoms with Crippen LogP contribution in [0, 0.1) is 0 Å². The zero-order valence-corrected chi connectivity index (χ0v) is 17.9. The number of nitrogens with zero attached hydrogens (tertiary/aromatic N) is 2. The molecule has 0 radical (unpaired) electrons. The first-order valence-corrected chi connectivity index (χ1v) is 11.0. The molecule has 1 saturated heterocycles. The van der Waals surface area contributed by atoms with Crippen molar-refractivity contribution in [2.45, 2.75) is 12.3 Å². The Kier molecular flexibility index (Phi) is 5.74. The van der Waals surface area contributed by atoms with E-state index in [1.807, 2.05) is 0 Å². The molecule has 0 bridgehead atoms. The summed E-state index contributed by atoms with van der Waals surface area (Å²) in [5.74, 6) is -0.549. The maximum absolute atomic E-state index is 13.1. The van der Waals surface area contributed by atoms with E-state index in [9.17, 15) is 23.1 Å². The summed E-state index contributed by atoms with van der Waals surface area (Å²) in [6, 6.07) is 9.40. The lowest BCUT2D eigenvalue weighted by atomic mass is 9.82. The minimum Gasteiger partial charge on any atom is -0.771 e. The fourth-order valence-corrected chi connectivity index (χ4v) is 4.51. The predicted molar refractivity (Wildman–Crippen MR) is 112 cm³/mol. The van der Waals surface area contributed by atoms with E-state index in [4.69, 9.17) is 4.74 Å². The largest absolute Gasteiger partial charge is 0.771 e. The van der Waals surface area contributed by atoms with Crippen molar-refractivity contribution in [3.05, 3.63) is 64.2 Å². The maximum atomic E-state index is 13.1. The monoisotopic (exact) mass is 441 g/mol. The van der Waals surface area contributed by atoms with Gasteiger partial charge >= 0.3 is 0 Å². The van der Waals surface area contributed by atoms with Crippen molar-refractivity contribution in [3.63, 3.8) is 0 Å². The number of methoxy groups -OCH3 is 1. The van der Waals surface area contributed by atoms with Crippen molar-refractivity contribution in [1.29, 1.82) is 0 Å². The van der Waals surface area contributed by atoms with Crippen LogP contribution in [0.25, 0.3) is 0 Å². The summed E-state index contributed by atoms with van der Waals surface area (Å²) < 4.78 is 27.6. The minimum absolute atomic E-state index is 0.200. The lowest BCUT2D eigenvalue weighted by Crippen LogP contribution is -2.52. The lowest BCUT2D eigenvalue weighted by molar-refractivity contribution is 0.0625. The van der Waals surface area contributed by atoms with Gasteiger partial charge in [-0.25, -0.2) is 0 Å². The van der Waals surface area contributed by atoms with Gasteiger partial charge in [0.25, 0.3) is 5.91 Å². The number of rotatable bonds is 4. The number of benzene rings is 2. The molecule has 1 amide bonds. The van der Waals surface area contributed by atoms with E-state index >= 15 is 0 Å². The Labute approximate surface area is 182 Å². The molecular weight excluding hydrogens is 420 g/mol. The molecule has 2 aromatic rings. The molecule has 162 valence electrons. The molecule has 2 atom stereocenters. The van der Waals surface area contributed by atoms with Crippen LogP contribution in [0.4, 0.5) is 0 Å². The molecule has 1 heterocycles. The minimum atomic E-state index is -2.20. The number of piperazine rings is 1. The van der Waals surface area contributed by atoms with Crippen molar-refractivity contribution in [2.24, 2.45) is 0 Å². The number of ketones is 2. The molecule has 1 aliphatic carbocycles. The molecule has 0 saturated carbocycles. The van der Waals surface area contributed by atoms with Crippen LogP contribution in [0.15, 0.2) is 36.4 Å². The van der Waals surface area contributed by atoms with E-state index < -0.39 is 16.5 Å². The molecule has 1 fully saturated rings. The molecule has 4 rings (SSSR count). The van der Waals surface area contributed by atoms with E-state index in [1.165, 1.54) is 19.2 Å². The first kappa shape index (κ1) is 21.4. The second-order valence-electron chi connectivity index (χ2n) is 7.49. The van der Waals surface area contributed by atoms with Gasteiger partial charge in [-0.2, -0.15) is 0 Å². The van der Waals surface area contributed by atoms with Crippen molar-refractivity contribution < 1.29 is 27.9 Å². The zero-order chi connectivity index (χ0) is 22.3. The third kappa shape index (κ3) is 3.69. The lowest BCUT2D eigenvalue weighted by Gasteiger charge is -2.38. The summed E-state index contributed by atoms with van der Waals surface area (Å²) in [5.41, 5.74) is 1.26. The number of fused-ring (bicyclic) bond motifs is 2. The van der Waals surface area contributed by atoms with Crippen LogP contribution in [0.2, 0.25) is 0 Å². The Balaban J connectivity index is 1.58. The first-order valence-electron chi connectivity index (χ1n) is 9.85. The fourth-order valence-electron chi connectivity index (χ4n) is 4.06. The molecule has 9 heteroatoms. The Morgan fingerprint density at radius 1 is 1.03 bits per heavy atom. The number of carbonyl (C=O) groups is 3. The van der Waals surface area contributed by atoms with E-state index in [0.717, 1.165) is 0 Å². The molecular formula is C22H21N2O6S-. The van der Waals surface area contributed by atoms with Gasteiger partial charge in [0, 0.05) is 48.4 Å². The molecule has 2 aliphatic rings. The number of hydrogen-bond donors (Lipinski definition) is 0. The predicted octanol–water partition coefficient (Wildman–Crippen LogP) is 1.45. The first-order chi connectivity index (χ1) is 14.8. The summed E-state index contributed by atoms with van der Waals surface area (Å²) >= 11 is -2.20. The van der Waals surface area contributed by atoms with Gasteiger partial charge in [-0.15, -0.1) is 0 Å². The second-order valence-corrected chi connectivity index (χ2v) is 8.69. The van der Waals surface area contributed by atoms with E-state index in [-0.39, 0.29) is 39.7 Å². The highest BCUT2D eigenvalue weighted by molar-refractivity contribution is 7.79. The van der Waals surface area contributed by atoms with Crippen LogP contribution in [0.1, 0.15) is 49.1 Å². The highest BCUT2D eigenvalue weighted by Gasteiger charge is 2.33. The summed E-state index contributed by atoms with van der Waals surface area (Å²) in [6.07, 6.45) is 0. The Morgan fingerprint density at radius 2 is 1.74 bits per heavy atom. The van der Waals surface area contributed by atoms with Gasteiger partial charge in [0.2, 0.25) is 0 Å². The second kappa shape index (κ2) is 8.33. The molecule has 8 nitrogen and oxygen atoms in total. The number of ether oxygens (including phenoxy) is 1. The molecule has 0 N–H and O–H groups in total. The van der Waals surface area contributed by atoms with Gasteiger partial charge in [0.15, 0.2) is 11.6 Å². The molecule has 2 unspecified atom stereocenters. The van der Waals surface area contributed by atoms with Crippen LogP contribution >= 0.6 is 0 Å². The standard InChI is InChI=1S/C22H22N2O6S/c1-13(31(28)29)23-8-10-24(11-9-23)22(27)14-6-7-15-17(12-14)20(25)16-4-3-5-18(30-2)19(16)21(15)26/h3-7,12-13H,8-11H2,1-2H3,(H,28,29)/p-1. The average molecular weight is 441 g/mol. The zero-order valence-electron chi connectivity index (χ0n) is 17.1. The number of carbonyl (C=O) groups excluding carboxylic acids is 3. The number of amides is 1. The fraction of sp³-hybridized carbons (Fsp3) is 0.318. The maximum Gasteiger partial charge on any atom is 0.253 e. The van der Waals surface area contributed by atoms with E-state index in [1.54, 1.807) is 41.0 Å². The van der Waals surface area contributed by atoms with Crippen LogP contribution < -0.4 is 4.74 Å². The van der Waals surface area contributed by atoms with Gasteiger partial charge < -0.3 is 14.2 Å². The molecule has 0 aromatic heterocycles. The topological polar surface area (TPSA) is 107 Å². The summed E-state index contributed by atoms with van der Waals surface area (Å²) in [7, 11) is 1.44. The summed E-state index contributed by atoms with van der Waals surface area (Å²) in [6.45, 7) is 3.25. The van der Waals surface area contributed by atoms with E-state index in [0.29, 0.717) is 37.5 Å². The van der Waals surface area contributed by atoms with Gasteiger partial charge in [0.05, 0.1) is 18.0 Å². The van der Waals surface area contributed by atoms with Crippen molar-refractivity contribution in [1.82, 2.24) is 9.80 Å². The SMILES string of the molecule is COc1cccc2c1C(=O)c1ccc(C(=O)N3CCN(C(C)S(=O)[O-])CC3)cc1C2=O. The Bertz CT molecular complexity index is 1110. The van der Waals surface area contributed by atoms with Crippen LogP contribution in [0.3, 0.4) is 0 Å². The molecule has 2 aromatic carbocycles. The van der Waals surface area contributed by atoms with Crippen molar-refractivity contribution in [2.75, 3.05) is 33.3 Å². The van der Waals surface area contributed by atoms with Crippen LogP contribution in [-0.4, -0.2) is 74.7 Å². The summed E-state index contributed by atoms with van der Waals surface area (Å²) in [5, 5.41) is -0.610.